The molecule has 0 saturated heterocycles. The Morgan fingerprint density at radius 3 is 2.51 bits per heavy atom. The Labute approximate surface area is 213 Å². The zero-order chi connectivity index (χ0) is 25.4. The summed E-state index contributed by atoms with van der Waals surface area (Å²) in [7, 11) is 0. The van der Waals surface area contributed by atoms with E-state index in [9.17, 15) is 9.90 Å². The molecule has 4 saturated carbocycles. The van der Waals surface area contributed by atoms with Crippen molar-refractivity contribution < 1.29 is 14.7 Å². The first-order valence-corrected chi connectivity index (χ1v) is 14.5. The van der Waals surface area contributed by atoms with Crippen LogP contribution in [0.25, 0.3) is 0 Å². The lowest BCUT2D eigenvalue weighted by Crippen LogP contribution is -2.54. The van der Waals surface area contributed by atoms with E-state index in [0.29, 0.717) is 23.8 Å². The van der Waals surface area contributed by atoms with Crippen molar-refractivity contribution in [2.45, 2.75) is 111 Å². The van der Waals surface area contributed by atoms with Crippen molar-refractivity contribution in [2.24, 2.45) is 45.6 Å². The number of carbonyl (C=O) groups is 1. The second-order valence-corrected chi connectivity index (χ2v) is 13.0. The van der Waals surface area contributed by atoms with Crippen LogP contribution in [0, 0.1) is 40.4 Å². The van der Waals surface area contributed by atoms with Crippen LogP contribution < -0.4 is 5.32 Å². The van der Waals surface area contributed by atoms with Crippen LogP contribution in [-0.2, 0) is 4.84 Å². The van der Waals surface area contributed by atoms with E-state index in [1.54, 1.807) is 4.90 Å². The summed E-state index contributed by atoms with van der Waals surface area (Å²) in [5.74, 6) is 3.44. The van der Waals surface area contributed by atoms with Crippen molar-refractivity contribution in [3.8, 4) is 0 Å². The highest BCUT2D eigenvalue weighted by Crippen LogP contribution is 2.67. The van der Waals surface area contributed by atoms with Crippen LogP contribution in [0.4, 0.5) is 4.79 Å². The summed E-state index contributed by atoms with van der Waals surface area (Å²) in [6.07, 6.45) is 10.4. The summed E-state index contributed by atoms with van der Waals surface area (Å²) in [5, 5.41) is 18.0. The number of aliphatic hydroxyl groups excluding tert-OH is 1. The van der Waals surface area contributed by atoms with Crippen molar-refractivity contribution >= 4 is 11.8 Å². The van der Waals surface area contributed by atoms with Crippen LogP contribution in [0.15, 0.2) is 5.16 Å². The van der Waals surface area contributed by atoms with Gasteiger partial charge in [0.1, 0.15) is 0 Å². The van der Waals surface area contributed by atoms with Crippen LogP contribution in [0.2, 0.25) is 0 Å². The fraction of sp³-hybridized carbons (Fsp3) is 0.931. The maximum absolute atomic E-state index is 12.8. The van der Waals surface area contributed by atoms with Gasteiger partial charge >= 0.3 is 6.09 Å². The van der Waals surface area contributed by atoms with Gasteiger partial charge in [-0.15, -0.1) is 0 Å². The van der Waals surface area contributed by atoms with Gasteiger partial charge in [-0.3, -0.25) is 4.84 Å². The molecule has 4 aliphatic rings. The van der Waals surface area contributed by atoms with Crippen LogP contribution in [0.5, 0.6) is 0 Å². The lowest BCUT2D eigenvalue weighted by Gasteiger charge is -2.61. The Hall–Kier alpha value is -1.14. The number of hydrogen-bond donors (Lipinski definition) is 2. The van der Waals surface area contributed by atoms with Crippen molar-refractivity contribution in [3.63, 3.8) is 0 Å². The minimum atomic E-state index is -0.341. The number of likely N-dealkylation sites (N-methyl/N-ethyl adjacent to an activating group) is 1. The predicted octanol–water partition coefficient (Wildman–Crippen LogP) is 5.84. The van der Waals surface area contributed by atoms with Gasteiger partial charge in [-0.05, 0) is 120 Å². The van der Waals surface area contributed by atoms with Gasteiger partial charge in [0.05, 0.1) is 11.8 Å². The summed E-state index contributed by atoms with van der Waals surface area (Å²) in [5.41, 5.74) is 1.66. The molecular formula is C29H51N3O3. The number of nitrogens with one attached hydrogen (secondary N) is 1. The fourth-order valence-corrected chi connectivity index (χ4v) is 9.09. The molecule has 0 spiro atoms. The average Bonchev–Trinajstić information content (AvgIpc) is 3.17. The van der Waals surface area contributed by atoms with E-state index < -0.39 is 0 Å². The van der Waals surface area contributed by atoms with E-state index in [1.165, 1.54) is 38.5 Å². The molecule has 4 fully saturated rings. The lowest BCUT2D eigenvalue weighted by molar-refractivity contribution is -0.123. The average molecular weight is 490 g/mol. The molecule has 1 amide bonds. The van der Waals surface area contributed by atoms with E-state index >= 15 is 0 Å². The van der Waals surface area contributed by atoms with Gasteiger partial charge in [0, 0.05) is 25.0 Å². The van der Waals surface area contributed by atoms with Gasteiger partial charge in [0.25, 0.3) is 0 Å². The monoisotopic (exact) mass is 489 g/mol. The molecule has 0 aromatic rings. The third-order valence-corrected chi connectivity index (χ3v) is 11.0. The summed E-state index contributed by atoms with van der Waals surface area (Å²) >= 11 is 0. The predicted molar refractivity (Wildman–Crippen MR) is 141 cm³/mol. The van der Waals surface area contributed by atoms with Crippen molar-refractivity contribution in [3.05, 3.63) is 0 Å². The SMILES string of the molecule is CCNCCN(C(=O)O/N=C(\C)[C@H]1CC[C@H]2[C@@H]3CC[C@H]4C[C@@H](O)CC[C@]4(C)[C@H]3CC[C@]12C)C(C)C. The molecule has 6 heteroatoms. The third-order valence-electron chi connectivity index (χ3n) is 11.0. The highest BCUT2D eigenvalue weighted by atomic mass is 16.7. The number of nitrogens with zero attached hydrogens (tertiary/aromatic N) is 2. The van der Waals surface area contributed by atoms with E-state index in [4.69, 9.17) is 4.84 Å². The molecule has 0 heterocycles. The Balaban J connectivity index is 1.43. The maximum atomic E-state index is 12.8. The van der Waals surface area contributed by atoms with Crippen LogP contribution in [0.3, 0.4) is 0 Å². The molecule has 2 N–H and O–H groups in total. The minimum absolute atomic E-state index is 0.0783. The number of rotatable bonds is 7. The van der Waals surface area contributed by atoms with E-state index in [2.05, 4.69) is 38.2 Å². The van der Waals surface area contributed by atoms with Crippen molar-refractivity contribution in [1.82, 2.24) is 10.2 Å². The Morgan fingerprint density at radius 2 is 1.80 bits per heavy atom. The van der Waals surface area contributed by atoms with E-state index in [-0.39, 0.29) is 23.7 Å². The number of amides is 1. The topological polar surface area (TPSA) is 74.2 Å². The highest BCUT2D eigenvalue weighted by molar-refractivity contribution is 5.85. The van der Waals surface area contributed by atoms with E-state index in [0.717, 1.165) is 55.8 Å². The number of hydrogen-bond acceptors (Lipinski definition) is 5. The fourth-order valence-electron chi connectivity index (χ4n) is 9.09. The second kappa shape index (κ2) is 10.7. The highest BCUT2D eigenvalue weighted by Gasteiger charge is 2.60. The van der Waals surface area contributed by atoms with Gasteiger partial charge in [-0.2, -0.15) is 0 Å². The standard InChI is InChI=1S/C29H51N3O3/c1-7-30-16-17-32(19(2)3)27(34)35-31-20(4)24-10-11-25-23-9-8-21-18-22(33)12-14-28(21,5)26(23)13-15-29(24,25)6/h19,21-26,30,33H,7-18H2,1-6H3/b31-20+/t21-,22-,23-,24+,25-,26-,28-,29+/m0/s1. The number of oxime groups is 1. The Morgan fingerprint density at radius 1 is 1.09 bits per heavy atom. The quantitative estimate of drug-likeness (QED) is 0.204. The molecule has 4 aliphatic carbocycles. The molecular weight excluding hydrogens is 438 g/mol. The summed E-state index contributed by atoms with van der Waals surface area (Å²) in [6, 6.07) is 0.0812. The molecule has 35 heavy (non-hydrogen) atoms. The normalized spacial score (nSPS) is 41.2. The molecule has 0 unspecified atom stereocenters. The maximum Gasteiger partial charge on any atom is 0.436 e. The van der Waals surface area contributed by atoms with Gasteiger partial charge in [0.15, 0.2) is 0 Å². The van der Waals surface area contributed by atoms with Crippen molar-refractivity contribution in [1.29, 1.82) is 0 Å². The summed E-state index contributed by atoms with van der Waals surface area (Å²) in [6.45, 7) is 15.5. The van der Waals surface area contributed by atoms with Crippen LogP contribution in [-0.4, -0.2) is 53.6 Å². The third kappa shape index (κ3) is 5.03. The minimum Gasteiger partial charge on any atom is -0.393 e. The summed E-state index contributed by atoms with van der Waals surface area (Å²) in [4.78, 5) is 20.1. The number of fused-ring (bicyclic) bond motifs is 5. The first-order chi connectivity index (χ1) is 16.6. The number of carbonyl (C=O) groups excluding carboxylic acids is 1. The van der Waals surface area contributed by atoms with Gasteiger partial charge in [0.2, 0.25) is 0 Å². The van der Waals surface area contributed by atoms with Crippen LogP contribution in [0.1, 0.15) is 99.3 Å². The first-order valence-electron chi connectivity index (χ1n) is 14.5. The molecule has 0 aromatic carbocycles. The van der Waals surface area contributed by atoms with Gasteiger partial charge in [-0.1, -0.05) is 25.9 Å². The summed E-state index contributed by atoms with van der Waals surface area (Å²) < 4.78 is 0. The van der Waals surface area contributed by atoms with Crippen molar-refractivity contribution in [2.75, 3.05) is 19.6 Å². The number of aliphatic hydroxyl groups is 1. The largest absolute Gasteiger partial charge is 0.436 e. The molecule has 0 aliphatic heterocycles. The molecule has 6 nitrogen and oxygen atoms in total. The molecule has 0 bridgehead atoms. The molecule has 0 aromatic heterocycles. The lowest BCUT2D eigenvalue weighted by atomic mass is 9.44. The first kappa shape index (κ1) is 26.9. The van der Waals surface area contributed by atoms with Crippen LogP contribution >= 0.6 is 0 Å². The Kier molecular flexibility index (Phi) is 8.22. The Bertz CT molecular complexity index is 785. The molecule has 4 rings (SSSR count). The zero-order valence-corrected chi connectivity index (χ0v) is 23.2. The zero-order valence-electron chi connectivity index (χ0n) is 23.2. The molecule has 8 atom stereocenters. The second-order valence-electron chi connectivity index (χ2n) is 13.0. The molecule has 0 radical (unpaired) electrons. The van der Waals surface area contributed by atoms with Gasteiger partial charge in [-0.25, -0.2) is 4.79 Å². The smallest absolute Gasteiger partial charge is 0.393 e. The molecule has 200 valence electrons. The van der Waals surface area contributed by atoms with E-state index in [1.807, 2.05) is 13.8 Å². The van der Waals surface area contributed by atoms with Gasteiger partial charge < -0.3 is 15.3 Å².